The highest BCUT2D eigenvalue weighted by atomic mass is 127. The van der Waals surface area contributed by atoms with E-state index >= 15 is 0 Å². The molecule has 0 bridgehead atoms. The summed E-state index contributed by atoms with van der Waals surface area (Å²) in [5.74, 6) is 0.118. The van der Waals surface area contributed by atoms with Gasteiger partial charge in [0.2, 0.25) is 5.88 Å². The van der Waals surface area contributed by atoms with Crippen molar-refractivity contribution in [1.29, 1.82) is 0 Å². The molecule has 6 heteroatoms. The van der Waals surface area contributed by atoms with Crippen LogP contribution in [0.1, 0.15) is 17.7 Å². The lowest BCUT2D eigenvalue weighted by Crippen LogP contribution is -2.01. The van der Waals surface area contributed by atoms with E-state index in [0.29, 0.717) is 0 Å². The normalized spacial score (nSPS) is 10.7. The highest BCUT2D eigenvalue weighted by molar-refractivity contribution is 14.1. The Hall–Kier alpha value is -0.500. The summed E-state index contributed by atoms with van der Waals surface area (Å²) in [6, 6.07) is 1.18. The van der Waals surface area contributed by atoms with E-state index in [9.17, 15) is 8.78 Å². The first kappa shape index (κ1) is 11.6. The molecular weight excluding hydrogens is 307 g/mol. The summed E-state index contributed by atoms with van der Waals surface area (Å²) >= 11 is 1.74. The maximum atomic E-state index is 12.5. The summed E-state index contributed by atoms with van der Waals surface area (Å²) in [5, 5.41) is 8.79. The predicted molar refractivity (Wildman–Crippen MR) is 54.4 cm³/mol. The van der Waals surface area contributed by atoms with Gasteiger partial charge in [0.15, 0.2) is 0 Å². The van der Waals surface area contributed by atoms with Crippen LogP contribution in [-0.2, 0) is 6.61 Å². The molecule has 0 fully saturated rings. The Morgan fingerprint density at radius 1 is 1.64 bits per heavy atom. The van der Waals surface area contributed by atoms with Gasteiger partial charge in [-0.15, -0.1) is 0 Å². The van der Waals surface area contributed by atoms with Crippen molar-refractivity contribution >= 4 is 22.6 Å². The molecule has 0 aliphatic carbocycles. The van der Waals surface area contributed by atoms with Gasteiger partial charge in [0.05, 0.1) is 23.0 Å². The Balaban J connectivity index is 3.27. The Morgan fingerprint density at radius 3 is 2.71 bits per heavy atom. The average Bonchev–Trinajstić information content (AvgIpc) is 2.17. The Bertz CT molecular complexity index is 333. The molecule has 78 valence electrons. The molecule has 1 aromatic rings. The molecule has 14 heavy (non-hydrogen) atoms. The standard InChI is InChI=1S/C8H8F2INO2/c1-14-8-6(11)5(7(9)10)2-4(3-13)12-8/h2,7,13H,3H2,1H3. The molecule has 0 saturated heterocycles. The number of aliphatic hydroxyl groups is 1. The molecular formula is C8H8F2INO2. The highest BCUT2D eigenvalue weighted by Gasteiger charge is 2.17. The number of aliphatic hydroxyl groups excluding tert-OH is 1. The largest absolute Gasteiger partial charge is 0.480 e. The Labute approximate surface area is 93.2 Å². The van der Waals surface area contributed by atoms with Crippen molar-refractivity contribution in [2.45, 2.75) is 13.0 Å². The van der Waals surface area contributed by atoms with Gasteiger partial charge >= 0.3 is 0 Å². The maximum absolute atomic E-state index is 12.5. The van der Waals surface area contributed by atoms with E-state index in [-0.39, 0.29) is 27.3 Å². The molecule has 1 rings (SSSR count). The van der Waals surface area contributed by atoms with Crippen LogP contribution in [0.25, 0.3) is 0 Å². The minimum atomic E-state index is -2.59. The van der Waals surface area contributed by atoms with Crippen LogP contribution in [-0.4, -0.2) is 17.2 Å². The van der Waals surface area contributed by atoms with Gasteiger partial charge in [0, 0.05) is 5.56 Å². The summed E-state index contributed by atoms with van der Waals surface area (Å²) < 4.78 is 30.1. The van der Waals surface area contributed by atoms with E-state index in [0.717, 1.165) is 0 Å². The minimum absolute atomic E-state index is 0.118. The number of pyridine rings is 1. The number of aromatic nitrogens is 1. The van der Waals surface area contributed by atoms with Gasteiger partial charge < -0.3 is 9.84 Å². The summed E-state index contributed by atoms with van der Waals surface area (Å²) in [4.78, 5) is 3.84. The van der Waals surface area contributed by atoms with Gasteiger partial charge in [-0.3, -0.25) is 0 Å². The van der Waals surface area contributed by atoms with E-state index in [4.69, 9.17) is 9.84 Å². The fourth-order valence-electron chi connectivity index (χ4n) is 0.953. The van der Waals surface area contributed by atoms with Crippen molar-refractivity contribution in [2.75, 3.05) is 7.11 Å². The number of rotatable bonds is 3. The third kappa shape index (κ3) is 2.30. The number of hydrogen-bond acceptors (Lipinski definition) is 3. The third-order valence-corrected chi connectivity index (χ3v) is 2.68. The first-order valence-electron chi connectivity index (χ1n) is 3.72. The van der Waals surface area contributed by atoms with Gasteiger partial charge in [-0.2, -0.15) is 0 Å². The zero-order valence-corrected chi connectivity index (χ0v) is 9.46. The Kier molecular flexibility index (Phi) is 3.99. The molecule has 0 unspecified atom stereocenters. The predicted octanol–water partition coefficient (Wildman–Crippen LogP) is 2.12. The lowest BCUT2D eigenvalue weighted by atomic mass is 10.2. The van der Waals surface area contributed by atoms with Crippen molar-refractivity contribution in [2.24, 2.45) is 0 Å². The fourth-order valence-corrected chi connectivity index (χ4v) is 1.69. The molecule has 0 radical (unpaired) electrons. The van der Waals surface area contributed by atoms with Crippen LogP contribution in [0.5, 0.6) is 5.88 Å². The monoisotopic (exact) mass is 315 g/mol. The number of ether oxygens (including phenoxy) is 1. The molecule has 0 amide bonds. The van der Waals surface area contributed by atoms with Crippen LogP contribution in [0.3, 0.4) is 0 Å². The topological polar surface area (TPSA) is 42.4 Å². The summed E-state index contributed by atoms with van der Waals surface area (Å²) in [7, 11) is 1.35. The van der Waals surface area contributed by atoms with Crippen molar-refractivity contribution in [3.05, 3.63) is 20.9 Å². The number of alkyl halides is 2. The van der Waals surface area contributed by atoms with E-state index in [1.165, 1.54) is 13.2 Å². The minimum Gasteiger partial charge on any atom is -0.480 e. The average molecular weight is 315 g/mol. The van der Waals surface area contributed by atoms with Crippen LogP contribution in [0.15, 0.2) is 6.07 Å². The third-order valence-electron chi connectivity index (χ3n) is 1.60. The van der Waals surface area contributed by atoms with Crippen LogP contribution < -0.4 is 4.74 Å². The second-order valence-corrected chi connectivity index (χ2v) is 3.56. The van der Waals surface area contributed by atoms with Crippen LogP contribution >= 0.6 is 22.6 Å². The smallest absolute Gasteiger partial charge is 0.265 e. The van der Waals surface area contributed by atoms with E-state index in [1.807, 2.05) is 0 Å². The van der Waals surface area contributed by atoms with Gasteiger partial charge in [0.25, 0.3) is 6.43 Å². The number of nitrogens with zero attached hydrogens (tertiary/aromatic N) is 1. The molecule has 1 aromatic heterocycles. The number of methoxy groups -OCH3 is 1. The quantitative estimate of drug-likeness (QED) is 0.869. The molecule has 0 atom stereocenters. The molecule has 0 saturated carbocycles. The van der Waals surface area contributed by atoms with Gasteiger partial charge in [-0.1, -0.05) is 0 Å². The zero-order chi connectivity index (χ0) is 10.7. The van der Waals surface area contributed by atoms with Crippen molar-refractivity contribution in [3.63, 3.8) is 0 Å². The second-order valence-electron chi connectivity index (χ2n) is 2.48. The zero-order valence-electron chi connectivity index (χ0n) is 7.30. The van der Waals surface area contributed by atoms with Crippen molar-refractivity contribution in [1.82, 2.24) is 4.98 Å². The second kappa shape index (κ2) is 4.83. The van der Waals surface area contributed by atoms with E-state index in [2.05, 4.69) is 4.98 Å². The first-order chi connectivity index (χ1) is 6.60. The first-order valence-corrected chi connectivity index (χ1v) is 4.80. The molecule has 1 N–H and O–H groups in total. The lowest BCUT2D eigenvalue weighted by molar-refractivity contribution is 0.149. The molecule has 0 aliphatic rings. The number of halogens is 3. The molecule has 0 aromatic carbocycles. The lowest BCUT2D eigenvalue weighted by Gasteiger charge is -2.09. The van der Waals surface area contributed by atoms with Gasteiger partial charge in [-0.25, -0.2) is 13.8 Å². The van der Waals surface area contributed by atoms with E-state index in [1.54, 1.807) is 22.6 Å². The number of hydrogen-bond donors (Lipinski definition) is 1. The highest BCUT2D eigenvalue weighted by Crippen LogP contribution is 2.30. The van der Waals surface area contributed by atoms with E-state index < -0.39 is 6.43 Å². The fraction of sp³-hybridized carbons (Fsp3) is 0.375. The Morgan fingerprint density at radius 2 is 2.29 bits per heavy atom. The molecule has 0 aliphatic heterocycles. The van der Waals surface area contributed by atoms with Crippen LogP contribution in [0, 0.1) is 3.57 Å². The summed E-state index contributed by atoms with van der Waals surface area (Å²) in [5.41, 5.74) is 0.0130. The van der Waals surface area contributed by atoms with Crippen molar-refractivity contribution in [3.8, 4) is 5.88 Å². The SMILES string of the molecule is COc1nc(CO)cc(C(F)F)c1I. The summed E-state index contributed by atoms with van der Waals surface area (Å²) in [6.45, 7) is -0.382. The molecule has 0 spiro atoms. The van der Waals surface area contributed by atoms with Gasteiger partial charge in [-0.05, 0) is 28.7 Å². The van der Waals surface area contributed by atoms with Crippen LogP contribution in [0.2, 0.25) is 0 Å². The van der Waals surface area contributed by atoms with Gasteiger partial charge in [0.1, 0.15) is 0 Å². The summed E-state index contributed by atoms with van der Waals surface area (Å²) in [6.07, 6.45) is -2.59. The maximum Gasteiger partial charge on any atom is 0.265 e. The molecule has 3 nitrogen and oxygen atoms in total. The van der Waals surface area contributed by atoms with Crippen LogP contribution in [0.4, 0.5) is 8.78 Å². The molecule has 1 heterocycles. The van der Waals surface area contributed by atoms with Crippen molar-refractivity contribution < 1.29 is 18.6 Å².